The van der Waals surface area contributed by atoms with E-state index in [1.807, 2.05) is 10.3 Å². The molecule has 3 rings (SSSR count). The molecule has 0 aliphatic carbocycles. The summed E-state index contributed by atoms with van der Waals surface area (Å²) in [4.78, 5) is 31.1. The number of hydrogen-bond acceptors (Lipinski definition) is 5. The summed E-state index contributed by atoms with van der Waals surface area (Å²) in [6.45, 7) is 3.56. The van der Waals surface area contributed by atoms with E-state index in [2.05, 4.69) is 10.3 Å². The molecule has 0 bridgehead atoms. The van der Waals surface area contributed by atoms with Crippen LogP contribution in [0.2, 0.25) is 0 Å². The molecule has 0 saturated carbocycles. The summed E-state index contributed by atoms with van der Waals surface area (Å²) in [7, 11) is 0. The molecule has 106 valence electrons. The smallest absolute Gasteiger partial charge is 0.262 e. The quantitative estimate of drug-likeness (QED) is 0.882. The number of aromatic nitrogens is 2. The monoisotopic (exact) mass is 292 g/mol. The van der Waals surface area contributed by atoms with Crippen LogP contribution in [-0.2, 0) is 11.3 Å². The second-order valence-electron chi connectivity index (χ2n) is 4.76. The van der Waals surface area contributed by atoms with Crippen LogP contribution < -0.4 is 10.9 Å². The predicted molar refractivity (Wildman–Crippen MR) is 77.9 cm³/mol. The number of nitrogens with one attached hydrogen (secondary N) is 1. The lowest BCUT2D eigenvalue weighted by molar-refractivity contribution is -0.132. The minimum atomic E-state index is -0.0654. The molecular formula is C13H16N4O2S. The fourth-order valence-electron chi connectivity index (χ4n) is 2.34. The zero-order valence-electron chi connectivity index (χ0n) is 11.0. The average Bonchev–Trinajstić information content (AvgIpc) is 2.96. The van der Waals surface area contributed by atoms with Crippen molar-refractivity contribution >= 4 is 27.5 Å². The minimum absolute atomic E-state index is 0.0654. The fourth-order valence-corrected chi connectivity index (χ4v) is 3.06. The first-order valence-electron chi connectivity index (χ1n) is 6.67. The van der Waals surface area contributed by atoms with Crippen molar-refractivity contribution in [1.29, 1.82) is 0 Å². The third kappa shape index (κ3) is 2.59. The molecule has 1 aliphatic rings. The number of nitrogens with zero attached hydrogens (tertiary/aromatic N) is 3. The number of thiophene rings is 1. The van der Waals surface area contributed by atoms with Crippen LogP contribution in [-0.4, -0.2) is 46.5 Å². The lowest BCUT2D eigenvalue weighted by Gasteiger charge is -2.27. The van der Waals surface area contributed by atoms with Crippen molar-refractivity contribution in [2.24, 2.45) is 0 Å². The summed E-state index contributed by atoms with van der Waals surface area (Å²) >= 11 is 1.45. The molecule has 0 spiro atoms. The van der Waals surface area contributed by atoms with E-state index in [0.717, 1.165) is 31.0 Å². The minimum Gasteiger partial charge on any atom is -0.340 e. The molecule has 0 atom stereocenters. The van der Waals surface area contributed by atoms with Crippen LogP contribution in [0.3, 0.4) is 0 Å². The summed E-state index contributed by atoms with van der Waals surface area (Å²) in [6, 6.07) is 1.78. The van der Waals surface area contributed by atoms with Crippen LogP contribution in [0.5, 0.6) is 0 Å². The van der Waals surface area contributed by atoms with E-state index in [1.165, 1.54) is 22.2 Å². The van der Waals surface area contributed by atoms with Crippen molar-refractivity contribution in [2.75, 3.05) is 26.2 Å². The third-order valence-electron chi connectivity index (χ3n) is 3.49. The third-order valence-corrected chi connectivity index (χ3v) is 4.31. The number of piperazine rings is 1. The molecule has 1 aliphatic heterocycles. The lowest BCUT2D eigenvalue weighted by atomic mass is 10.3. The molecule has 0 radical (unpaired) electrons. The normalized spacial score (nSPS) is 15.7. The molecule has 0 unspecified atom stereocenters. The van der Waals surface area contributed by atoms with Gasteiger partial charge in [0.1, 0.15) is 4.83 Å². The Morgan fingerprint density at radius 1 is 1.40 bits per heavy atom. The highest BCUT2D eigenvalue weighted by Gasteiger charge is 2.16. The van der Waals surface area contributed by atoms with E-state index in [4.69, 9.17) is 0 Å². The Morgan fingerprint density at radius 3 is 3.00 bits per heavy atom. The highest BCUT2D eigenvalue weighted by molar-refractivity contribution is 7.16. The van der Waals surface area contributed by atoms with Gasteiger partial charge >= 0.3 is 0 Å². The van der Waals surface area contributed by atoms with Gasteiger partial charge in [-0.15, -0.1) is 11.3 Å². The van der Waals surface area contributed by atoms with Crippen LogP contribution in [0.25, 0.3) is 10.2 Å². The van der Waals surface area contributed by atoms with Gasteiger partial charge in [-0.1, -0.05) is 0 Å². The predicted octanol–water partition coefficient (Wildman–Crippen LogP) is 0.280. The van der Waals surface area contributed by atoms with Gasteiger partial charge in [-0.2, -0.15) is 0 Å². The zero-order chi connectivity index (χ0) is 13.9. The number of fused-ring (bicyclic) bond motifs is 1. The number of carbonyl (C=O) groups excluding carboxylic acids is 1. The van der Waals surface area contributed by atoms with Crippen LogP contribution in [0.4, 0.5) is 0 Å². The number of carbonyl (C=O) groups is 1. The van der Waals surface area contributed by atoms with Gasteiger partial charge < -0.3 is 10.2 Å². The summed E-state index contributed by atoms with van der Waals surface area (Å²) in [5.74, 6) is 0.101. The molecule has 0 aromatic carbocycles. The lowest BCUT2D eigenvalue weighted by Crippen LogP contribution is -2.46. The Hall–Kier alpha value is -1.73. The molecule has 1 fully saturated rings. The van der Waals surface area contributed by atoms with Crippen molar-refractivity contribution in [1.82, 2.24) is 19.8 Å². The summed E-state index contributed by atoms with van der Waals surface area (Å²) in [5.41, 5.74) is -0.0654. The van der Waals surface area contributed by atoms with Crippen LogP contribution in [0, 0.1) is 0 Å². The first-order chi connectivity index (χ1) is 9.75. The Morgan fingerprint density at radius 2 is 2.20 bits per heavy atom. The van der Waals surface area contributed by atoms with Gasteiger partial charge in [0.25, 0.3) is 5.56 Å². The maximum absolute atomic E-state index is 12.2. The summed E-state index contributed by atoms with van der Waals surface area (Å²) in [5, 5.41) is 5.70. The van der Waals surface area contributed by atoms with Crippen molar-refractivity contribution in [3.05, 3.63) is 28.1 Å². The number of aryl methyl sites for hydroxylation is 1. The molecule has 2 aromatic rings. The maximum atomic E-state index is 12.2. The van der Waals surface area contributed by atoms with Gasteiger partial charge in [-0.25, -0.2) is 4.98 Å². The Balaban J connectivity index is 1.68. The molecule has 1 amide bonds. The molecule has 7 heteroatoms. The van der Waals surface area contributed by atoms with Gasteiger partial charge in [-0.3, -0.25) is 14.2 Å². The molecule has 2 aromatic heterocycles. The SMILES string of the molecule is O=C(CCn1cnc2sccc2c1=O)N1CCNCC1. The van der Waals surface area contributed by atoms with Gasteiger partial charge in [-0.05, 0) is 11.4 Å². The highest BCUT2D eigenvalue weighted by Crippen LogP contribution is 2.13. The fraction of sp³-hybridized carbons (Fsp3) is 0.462. The molecule has 1 N–H and O–H groups in total. The van der Waals surface area contributed by atoms with Crippen molar-refractivity contribution in [3.63, 3.8) is 0 Å². The average molecular weight is 292 g/mol. The molecule has 1 saturated heterocycles. The van der Waals surface area contributed by atoms with E-state index in [0.29, 0.717) is 18.4 Å². The summed E-state index contributed by atoms with van der Waals surface area (Å²) < 4.78 is 1.52. The van der Waals surface area contributed by atoms with E-state index >= 15 is 0 Å². The topological polar surface area (TPSA) is 67.2 Å². The molecule has 6 nitrogen and oxygen atoms in total. The van der Waals surface area contributed by atoms with E-state index in [1.54, 1.807) is 6.07 Å². The van der Waals surface area contributed by atoms with Crippen LogP contribution in [0.15, 0.2) is 22.6 Å². The Bertz CT molecular complexity index is 672. The number of rotatable bonds is 3. The Kier molecular flexibility index (Phi) is 3.79. The van der Waals surface area contributed by atoms with E-state index in [-0.39, 0.29) is 11.5 Å². The molecule has 3 heterocycles. The largest absolute Gasteiger partial charge is 0.340 e. The summed E-state index contributed by atoms with van der Waals surface area (Å²) in [6.07, 6.45) is 1.88. The molecular weight excluding hydrogens is 276 g/mol. The first kappa shape index (κ1) is 13.3. The van der Waals surface area contributed by atoms with Crippen LogP contribution in [0.1, 0.15) is 6.42 Å². The van der Waals surface area contributed by atoms with Crippen LogP contribution >= 0.6 is 11.3 Å². The van der Waals surface area contributed by atoms with Crippen molar-refractivity contribution < 1.29 is 4.79 Å². The first-order valence-corrected chi connectivity index (χ1v) is 7.55. The Labute approximate surface area is 120 Å². The zero-order valence-corrected chi connectivity index (χ0v) is 11.9. The highest BCUT2D eigenvalue weighted by atomic mass is 32.1. The van der Waals surface area contributed by atoms with Crippen molar-refractivity contribution in [2.45, 2.75) is 13.0 Å². The standard InChI is InChI=1S/C13H16N4O2S/c18-11(16-6-3-14-4-7-16)1-5-17-9-15-12-10(13(17)19)2-8-20-12/h2,8-9,14H,1,3-7H2. The molecule has 20 heavy (non-hydrogen) atoms. The second kappa shape index (κ2) is 5.72. The van der Waals surface area contributed by atoms with Gasteiger partial charge in [0, 0.05) is 39.1 Å². The second-order valence-corrected chi connectivity index (χ2v) is 5.66. The van der Waals surface area contributed by atoms with Gasteiger partial charge in [0.15, 0.2) is 0 Å². The number of amides is 1. The number of hydrogen-bond donors (Lipinski definition) is 1. The van der Waals surface area contributed by atoms with Crippen molar-refractivity contribution in [3.8, 4) is 0 Å². The van der Waals surface area contributed by atoms with E-state index < -0.39 is 0 Å². The van der Waals surface area contributed by atoms with E-state index in [9.17, 15) is 9.59 Å². The maximum Gasteiger partial charge on any atom is 0.262 e. The van der Waals surface area contributed by atoms with Gasteiger partial charge in [0.05, 0.1) is 11.7 Å². The van der Waals surface area contributed by atoms with Gasteiger partial charge in [0.2, 0.25) is 5.91 Å².